The van der Waals surface area contributed by atoms with E-state index in [1.165, 1.54) is 145 Å². The lowest BCUT2D eigenvalue weighted by Gasteiger charge is -2.43. The first kappa shape index (κ1) is 40.6. The maximum Gasteiger partial charge on any atom is 0.0713 e. The smallest absolute Gasteiger partial charge is 0.0654 e. The summed E-state index contributed by atoms with van der Waals surface area (Å²) in [6.07, 6.45) is 18.6. The second-order valence-electron chi connectivity index (χ2n) is 20.1. The Morgan fingerprint density at radius 3 is 1.43 bits per heavy atom. The van der Waals surface area contributed by atoms with Crippen LogP contribution in [0, 0.1) is 13.8 Å². The van der Waals surface area contributed by atoms with Crippen LogP contribution in [0.2, 0.25) is 0 Å². The maximum absolute atomic E-state index is 2.66. The molecular formula is C56H72. The predicted molar refractivity (Wildman–Crippen MR) is 245 cm³/mol. The molecule has 0 saturated carbocycles. The van der Waals surface area contributed by atoms with Crippen molar-refractivity contribution in [3.05, 3.63) is 141 Å². The summed E-state index contributed by atoms with van der Waals surface area (Å²) in [5, 5.41) is 2.93. The zero-order chi connectivity index (χ0) is 39.9. The maximum atomic E-state index is 2.66. The Morgan fingerprint density at radius 2 is 0.929 bits per heavy atom. The molecule has 56 heavy (non-hydrogen) atoms. The topological polar surface area (TPSA) is 0 Å². The van der Waals surface area contributed by atoms with E-state index < -0.39 is 5.41 Å². The molecule has 0 fully saturated rings. The highest BCUT2D eigenvalue weighted by Crippen LogP contribution is 2.65. The molecule has 2 aliphatic carbocycles. The first-order chi connectivity index (χ1) is 26.8. The lowest BCUT2D eigenvalue weighted by atomic mass is 9.59. The second-order valence-corrected chi connectivity index (χ2v) is 20.1. The Bertz CT molecular complexity index is 2070. The lowest BCUT2D eigenvalue weighted by molar-refractivity contribution is 0.397. The third-order valence-electron chi connectivity index (χ3n) is 14.0. The minimum absolute atomic E-state index is 0.0370. The van der Waals surface area contributed by atoms with Crippen molar-refractivity contribution in [2.75, 3.05) is 0 Å². The van der Waals surface area contributed by atoms with Gasteiger partial charge in [-0.1, -0.05) is 223 Å². The number of unbranched alkanes of at least 4 members (excludes halogenated alkanes) is 10. The summed E-state index contributed by atoms with van der Waals surface area (Å²) in [6.45, 7) is 23.5. The van der Waals surface area contributed by atoms with Crippen molar-refractivity contribution in [2.24, 2.45) is 0 Å². The van der Waals surface area contributed by atoms with E-state index in [1.54, 1.807) is 22.3 Å². The molecule has 2 aliphatic rings. The van der Waals surface area contributed by atoms with E-state index in [0.717, 1.165) is 0 Å². The molecule has 0 aromatic heterocycles. The lowest BCUT2D eigenvalue weighted by Crippen LogP contribution is -2.34. The van der Waals surface area contributed by atoms with Crippen LogP contribution in [0.1, 0.15) is 201 Å². The molecule has 0 N–H and O–H groups in total. The van der Waals surface area contributed by atoms with Gasteiger partial charge >= 0.3 is 0 Å². The summed E-state index contributed by atoms with van der Waals surface area (Å²) in [6, 6.07) is 34.9. The summed E-state index contributed by atoms with van der Waals surface area (Å²) in [5.74, 6) is 0. The fourth-order valence-corrected chi connectivity index (χ4v) is 10.9. The van der Waals surface area contributed by atoms with Crippen LogP contribution in [-0.4, -0.2) is 0 Å². The van der Waals surface area contributed by atoms with Crippen molar-refractivity contribution in [1.82, 2.24) is 0 Å². The molecule has 0 atom stereocenters. The van der Waals surface area contributed by atoms with Crippen LogP contribution in [0.25, 0.3) is 21.9 Å². The number of hydrogen-bond acceptors (Lipinski definition) is 0. The van der Waals surface area contributed by atoms with Gasteiger partial charge in [0.1, 0.15) is 0 Å². The Kier molecular flexibility index (Phi) is 11.6. The summed E-state index contributed by atoms with van der Waals surface area (Å²) >= 11 is 0. The normalized spacial score (nSPS) is 15.2. The minimum Gasteiger partial charge on any atom is -0.0654 e. The SMILES string of the molecule is CCCCCCCCC1(CCCCCCCC)c2cc(C)cc3c2-c2c1cc(C)c1cccc(c21)C3(c1ccc(C(C)(C)C)cc1)c1ccc(C(C)(C)C)cc1. The summed E-state index contributed by atoms with van der Waals surface area (Å²) in [5.41, 5.74) is 17.5. The third kappa shape index (κ3) is 7.00. The average molecular weight is 745 g/mol. The zero-order valence-electron chi connectivity index (χ0n) is 37.0. The molecule has 0 heterocycles. The van der Waals surface area contributed by atoms with E-state index in [1.807, 2.05) is 0 Å². The molecule has 5 aromatic rings. The van der Waals surface area contributed by atoms with E-state index in [2.05, 4.69) is 154 Å². The van der Waals surface area contributed by atoms with Crippen LogP contribution >= 0.6 is 0 Å². The van der Waals surface area contributed by atoms with E-state index in [0.29, 0.717) is 0 Å². The van der Waals surface area contributed by atoms with Gasteiger partial charge < -0.3 is 0 Å². The fraction of sp³-hybridized carbons (Fsp3) is 0.500. The van der Waals surface area contributed by atoms with Gasteiger partial charge in [0, 0.05) is 5.41 Å². The summed E-state index contributed by atoms with van der Waals surface area (Å²) < 4.78 is 0. The Labute approximate surface area is 341 Å². The molecule has 0 bridgehead atoms. The van der Waals surface area contributed by atoms with Crippen LogP contribution < -0.4 is 0 Å². The summed E-state index contributed by atoms with van der Waals surface area (Å²) in [4.78, 5) is 0. The molecule has 0 heteroatoms. The average Bonchev–Trinajstić information content (AvgIpc) is 3.43. The Hall–Kier alpha value is -3.64. The highest BCUT2D eigenvalue weighted by atomic mass is 14.5. The number of hydrogen-bond donors (Lipinski definition) is 0. The van der Waals surface area contributed by atoms with Crippen LogP contribution in [0.15, 0.2) is 84.9 Å². The van der Waals surface area contributed by atoms with Crippen molar-refractivity contribution in [1.29, 1.82) is 0 Å². The monoisotopic (exact) mass is 745 g/mol. The summed E-state index contributed by atoms with van der Waals surface area (Å²) in [7, 11) is 0. The first-order valence-corrected chi connectivity index (χ1v) is 22.7. The number of benzene rings is 5. The molecule has 0 amide bonds. The van der Waals surface area contributed by atoms with Gasteiger partial charge in [0.25, 0.3) is 0 Å². The van der Waals surface area contributed by atoms with E-state index in [4.69, 9.17) is 0 Å². The van der Waals surface area contributed by atoms with E-state index in [9.17, 15) is 0 Å². The molecular weight excluding hydrogens is 673 g/mol. The van der Waals surface area contributed by atoms with E-state index >= 15 is 0 Å². The first-order valence-electron chi connectivity index (χ1n) is 22.7. The third-order valence-corrected chi connectivity index (χ3v) is 14.0. The quantitative estimate of drug-likeness (QED) is 0.0866. The van der Waals surface area contributed by atoms with Gasteiger partial charge in [-0.25, -0.2) is 0 Å². The van der Waals surface area contributed by atoms with Gasteiger partial charge in [-0.3, -0.25) is 0 Å². The van der Waals surface area contributed by atoms with Gasteiger partial charge in [-0.2, -0.15) is 0 Å². The van der Waals surface area contributed by atoms with Crippen molar-refractivity contribution in [3.8, 4) is 11.1 Å². The van der Waals surface area contributed by atoms with Gasteiger partial charge in [0.2, 0.25) is 0 Å². The zero-order valence-corrected chi connectivity index (χ0v) is 37.0. The van der Waals surface area contributed by atoms with Crippen molar-refractivity contribution in [3.63, 3.8) is 0 Å². The van der Waals surface area contributed by atoms with Gasteiger partial charge in [-0.15, -0.1) is 0 Å². The highest BCUT2D eigenvalue weighted by Gasteiger charge is 2.52. The van der Waals surface area contributed by atoms with Crippen molar-refractivity contribution < 1.29 is 0 Å². The number of aryl methyl sites for hydroxylation is 2. The molecule has 0 spiro atoms. The molecule has 0 nitrogen and oxygen atoms in total. The van der Waals surface area contributed by atoms with Crippen LogP contribution in [0.3, 0.4) is 0 Å². The van der Waals surface area contributed by atoms with Crippen molar-refractivity contribution in [2.45, 2.75) is 181 Å². The molecule has 5 aromatic carbocycles. The fourth-order valence-electron chi connectivity index (χ4n) is 10.9. The van der Waals surface area contributed by atoms with Crippen molar-refractivity contribution >= 4 is 10.8 Å². The van der Waals surface area contributed by atoms with Crippen LogP contribution in [-0.2, 0) is 21.7 Å². The Balaban J connectivity index is 1.54. The van der Waals surface area contributed by atoms with Gasteiger partial charge in [-0.05, 0) is 109 Å². The molecule has 0 unspecified atom stereocenters. The van der Waals surface area contributed by atoms with Gasteiger partial charge in [0.05, 0.1) is 5.41 Å². The highest BCUT2D eigenvalue weighted by molar-refractivity contribution is 6.10. The van der Waals surface area contributed by atoms with Crippen LogP contribution in [0.4, 0.5) is 0 Å². The molecule has 0 aliphatic heterocycles. The largest absolute Gasteiger partial charge is 0.0713 e. The minimum atomic E-state index is -0.448. The van der Waals surface area contributed by atoms with E-state index in [-0.39, 0.29) is 16.2 Å². The van der Waals surface area contributed by atoms with Crippen LogP contribution in [0.5, 0.6) is 0 Å². The molecule has 0 radical (unpaired) electrons. The Morgan fingerprint density at radius 1 is 0.464 bits per heavy atom. The predicted octanol–water partition coefficient (Wildman–Crippen LogP) is 16.5. The second kappa shape index (κ2) is 16.0. The molecule has 7 rings (SSSR count). The van der Waals surface area contributed by atoms with Gasteiger partial charge in [0.15, 0.2) is 0 Å². The molecule has 296 valence electrons. The number of rotatable bonds is 16. The standard InChI is InChI=1S/C56H72/c1-11-13-15-17-19-21-34-55(35-22-20-18-16-14-12-2)47-36-39(3)37-49-51(47)52-48(55)38-40(4)45-24-23-25-46(50(45)52)56(49,43-30-26-41(27-31-43)53(5,6)7)44-32-28-42(29-33-44)54(8,9)10/h23-33,36-38H,11-22,34-35H2,1-10H3. The molecule has 0 saturated heterocycles.